The van der Waals surface area contributed by atoms with Gasteiger partial charge in [0, 0.05) is 18.4 Å². The lowest BCUT2D eigenvalue weighted by molar-refractivity contribution is -0.137. The molecular formula is C17H16F3NO3. The molecule has 2 aromatic rings. The van der Waals surface area contributed by atoms with Gasteiger partial charge >= 0.3 is 6.18 Å². The zero-order valence-corrected chi connectivity index (χ0v) is 12.6. The van der Waals surface area contributed by atoms with Gasteiger partial charge in [-0.15, -0.1) is 0 Å². The normalized spacial score (nSPS) is 21.3. The van der Waals surface area contributed by atoms with E-state index in [4.69, 9.17) is 4.42 Å². The van der Waals surface area contributed by atoms with Gasteiger partial charge < -0.3 is 14.8 Å². The minimum absolute atomic E-state index is 0.0331. The van der Waals surface area contributed by atoms with E-state index in [-0.39, 0.29) is 29.9 Å². The first-order valence-corrected chi connectivity index (χ1v) is 7.52. The number of carbonyl (C=O) groups is 1. The zero-order valence-electron chi connectivity index (χ0n) is 12.6. The minimum Gasteiger partial charge on any atom is -0.469 e. The van der Waals surface area contributed by atoms with Crippen molar-refractivity contribution in [3.05, 3.63) is 59.5 Å². The number of carbonyl (C=O) groups excluding carboxylic acids is 1. The summed E-state index contributed by atoms with van der Waals surface area (Å²) in [7, 11) is 0. The summed E-state index contributed by atoms with van der Waals surface area (Å²) in [5.74, 6) is 0.326. The number of alkyl halides is 3. The van der Waals surface area contributed by atoms with Crippen LogP contribution >= 0.6 is 0 Å². The fourth-order valence-electron chi connectivity index (χ4n) is 2.67. The predicted molar refractivity (Wildman–Crippen MR) is 79.0 cm³/mol. The van der Waals surface area contributed by atoms with Gasteiger partial charge in [0.05, 0.1) is 17.9 Å². The van der Waals surface area contributed by atoms with Gasteiger partial charge in [-0.3, -0.25) is 4.79 Å². The number of furan rings is 1. The van der Waals surface area contributed by atoms with Crippen molar-refractivity contribution in [3.8, 4) is 0 Å². The molecule has 1 aromatic carbocycles. The van der Waals surface area contributed by atoms with Gasteiger partial charge in [-0.25, -0.2) is 0 Å². The van der Waals surface area contributed by atoms with Crippen molar-refractivity contribution in [2.75, 3.05) is 6.54 Å². The lowest BCUT2D eigenvalue weighted by Crippen LogP contribution is -2.30. The Labute approximate surface area is 136 Å². The Morgan fingerprint density at radius 1 is 1.33 bits per heavy atom. The summed E-state index contributed by atoms with van der Waals surface area (Å²) in [6.07, 6.45) is -3.46. The van der Waals surface area contributed by atoms with E-state index in [0.717, 1.165) is 17.9 Å². The maximum absolute atomic E-state index is 12.7. The highest BCUT2D eigenvalue weighted by Crippen LogP contribution is 2.47. The molecule has 0 bridgehead atoms. The van der Waals surface area contributed by atoms with E-state index < -0.39 is 17.8 Å². The Morgan fingerprint density at radius 3 is 2.79 bits per heavy atom. The number of rotatable bonds is 5. The standard InChI is InChI=1S/C17H16F3NO3/c18-17(19,20)11-4-1-3-10(7-11)14(22)9-21-16(23)13-8-12(13)15-5-2-6-24-15/h1-7,12-14,22H,8-9H2,(H,21,23). The summed E-state index contributed by atoms with van der Waals surface area (Å²) < 4.78 is 43.3. The molecule has 3 unspecified atom stereocenters. The van der Waals surface area contributed by atoms with Crippen LogP contribution in [0.5, 0.6) is 0 Å². The second-order valence-corrected chi connectivity index (χ2v) is 5.85. The summed E-state index contributed by atoms with van der Waals surface area (Å²) in [5.41, 5.74) is -0.714. The molecule has 1 aromatic heterocycles. The van der Waals surface area contributed by atoms with Crippen molar-refractivity contribution in [3.63, 3.8) is 0 Å². The average molecular weight is 339 g/mol. The van der Waals surface area contributed by atoms with Crippen molar-refractivity contribution in [2.45, 2.75) is 24.6 Å². The summed E-state index contributed by atoms with van der Waals surface area (Å²) in [6.45, 7) is -0.137. The van der Waals surface area contributed by atoms with Crippen LogP contribution in [-0.2, 0) is 11.0 Å². The number of benzene rings is 1. The number of nitrogens with one attached hydrogen (secondary N) is 1. The van der Waals surface area contributed by atoms with Crippen LogP contribution in [0.2, 0.25) is 0 Å². The largest absolute Gasteiger partial charge is 0.469 e. The Kier molecular flexibility index (Phi) is 4.36. The van der Waals surface area contributed by atoms with E-state index in [2.05, 4.69) is 5.32 Å². The third-order valence-electron chi connectivity index (χ3n) is 4.10. The lowest BCUT2D eigenvalue weighted by atomic mass is 10.1. The van der Waals surface area contributed by atoms with Crippen molar-refractivity contribution >= 4 is 5.91 Å². The lowest BCUT2D eigenvalue weighted by Gasteiger charge is -2.14. The van der Waals surface area contributed by atoms with Gasteiger partial charge in [-0.1, -0.05) is 12.1 Å². The first-order chi connectivity index (χ1) is 11.4. The number of aliphatic hydroxyl groups is 1. The predicted octanol–water partition coefficient (Wildman–Crippen LogP) is 3.25. The first-order valence-electron chi connectivity index (χ1n) is 7.52. The summed E-state index contributed by atoms with van der Waals surface area (Å²) in [4.78, 5) is 12.0. The smallest absolute Gasteiger partial charge is 0.416 e. The van der Waals surface area contributed by atoms with Crippen LogP contribution in [-0.4, -0.2) is 17.6 Å². The zero-order chi connectivity index (χ0) is 17.3. The fourth-order valence-corrected chi connectivity index (χ4v) is 2.67. The summed E-state index contributed by atoms with van der Waals surface area (Å²) >= 11 is 0. The molecule has 0 radical (unpaired) electrons. The number of hydrogen-bond donors (Lipinski definition) is 2. The van der Waals surface area contributed by atoms with Crippen LogP contribution in [0.25, 0.3) is 0 Å². The van der Waals surface area contributed by atoms with Crippen LogP contribution in [0.15, 0.2) is 47.1 Å². The molecule has 0 saturated heterocycles. The van der Waals surface area contributed by atoms with E-state index in [1.54, 1.807) is 18.4 Å². The van der Waals surface area contributed by atoms with Crippen molar-refractivity contribution in [1.29, 1.82) is 0 Å². The van der Waals surface area contributed by atoms with Crippen LogP contribution < -0.4 is 5.32 Å². The van der Waals surface area contributed by atoms with Crippen LogP contribution in [0.4, 0.5) is 13.2 Å². The Balaban J connectivity index is 1.54. The molecule has 1 aliphatic rings. The molecule has 3 rings (SSSR count). The van der Waals surface area contributed by atoms with Crippen LogP contribution in [0, 0.1) is 5.92 Å². The molecule has 4 nitrogen and oxygen atoms in total. The molecule has 1 aliphatic carbocycles. The molecule has 1 heterocycles. The molecule has 0 aliphatic heterocycles. The van der Waals surface area contributed by atoms with Crippen LogP contribution in [0.1, 0.15) is 35.3 Å². The van der Waals surface area contributed by atoms with Crippen LogP contribution in [0.3, 0.4) is 0 Å². The Morgan fingerprint density at radius 2 is 2.12 bits per heavy atom. The third kappa shape index (κ3) is 3.62. The summed E-state index contributed by atoms with van der Waals surface area (Å²) in [5, 5.41) is 12.6. The second kappa shape index (κ2) is 6.32. The highest BCUT2D eigenvalue weighted by atomic mass is 19.4. The summed E-state index contributed by atoms with van der Waals surface area (Å²) in [6, 6.07) is 8.01. The van der Waals surface area contributed by atoms with E-state index in [1.165, 1.54) is 12.1 Å². The van der Waals surface area contributed by atoms with Gasteiger partial charge in [-0.05, 0) is 36.2 Å². The quantitative estimate of drug-likeness (QED) is 0.879. The van der Waals surface area contributed by atoms with Crippen molar-refractivity contribution in [1.82, 2.24) is 5.32 Å². The molecule has 0 spiro atoms. The monoisotopic (exact) mass is 339 g/mol. The van der Waals surface area contributed by atoms with Gasteiger partial charge in [0.1, 0.15) is 5.76 Å². The van der Waals surface area contributed by atoms with Gasteiger partial charge in [0.2, 0.25) is 5.91 Å². The van der Waals surface area contributed by atoms with E-state index in [1.807, 2.05) is 0 Å². The molecule has 128 valence electrons. The second-order valence-electron chi connectivity index (χ2n) is 5.85. The van der Waals surface area contributed by atoms with E-state index in [9.17, 15) is 23.1 Å². The van der Waals surface area contributed by atoms with Gasteiger partial charge in [-0.2, -0.15) is 13.2 Å². The molecule has 1 fully saturated rings. The number of hydrogen-bond acceptors (Lipinski definition) is 3. The van der Waals surface area contributed by atoms with Crippen molar-refractivity contribution in [2.24, 2.45) is 5.92 Å². The Bertz CT molecular complexity index is 712. The van der Waals surface area contributed by atoms with E-state index in [0.29, 0.717) is 6.42 Å². The Hall–Kier alpha value is -2.28. The molecule has 7 heteroatoms. The third-order valence-corrected chi connectivity index (χ3v) is 4.10. The highest BCUT2D eigenvalue weighted by Gasteiger charge is 2.45. The van der Waals surface area contributed by atoms with Crippen molar-refractivity contribution < 1.29 is 27.5 Å². The molecule has 1 amide bonds. The molecule has 1 saturated carbocycles. The first kappa shape index (κ1) is 16.6. The van der Waals surface area contributed by atoms with Gasteiger partial charge in [0.25, 0.3) is 0 Å². The number of amides is 1. The minimum atomic E-state index is -4.47. The average Bonchev–Trinajstić information content (AvgIpc) is 3.17. The fraction of sp³-hybridized carbons (Fsp3) is 0.353. The van der Waals surface area contributed by atoms with Gasteiger partial charge in [0.15, 0.2) is 0 Å². The SMILES string of the molecule is O=C(NCC(O)c1cccc(C(F)(F)F)c1)C1CC1c1ccco1. The molecule has 3 atom stereocenters. The number of aliphatic hydroxyl groups excluding tert-OH is 1. The molecular weight excluding hydrogens is 323 g/mol. The highest BCUT2D eigenvalue weighted by molar-refractivity contribution is 5.82. The molecule has 24 heavy (non-hydrogen) atoms. The van der Waals surface area contributed by atoms with E-state index >= 15 is 0 Å². The maximum Gasteiger partial charge on any atom is 0.416 e. The maximum atomic E-state index is 12.7. The number of halogens is 3. The topological polar surface area (TPSA) is 62.5 Å². The molecule has 2 N–H and O–H groups in total.